The van der Waals surface area contributed by atoms with Crippen molar-refractivity contribution < 1.29 is 14.7 Å². The average molecular weight is 276 g/mol. The standard InChI is InChI=1S/C13H16N4O3/c14-12(16-19)8-1-4-11(15-5-8)13(18)17-6-9-2-3-10(7-17)20-9/h1,4-5,9-10,19H,2-3,6-7H2,(H2,14,16). The van der Waals surface area contributed by atoms with Crippen molar-refractivity contribution in [3.8, 4) is 0 Å². The van der Waals surface area contributed by atoms with Crippen LogP contribution in [0.4, 0.5) is 0 Å². The molecular weight excluding hydrogens is 260 g/mol. The van der Waals surface area contributed by atoms with Crippen molar-refractivity contribution in [1.29, 1.82) is 0 Å². The minimum Gasteiger partial charge on any atom is -0.409 e. The number of oxime groups is 1. The average Bonchev–Trinajstić information content (AvgIpc) is 2.84. The maximum Gasteiger partial charge on any atom is 0.272 e. The lowest BCUT2D eigenvalue weighted by Crippen LogP contribution is -2.46. The molecule has 20 heavy (non-hydrogen) atoms. The van der Waals surface area contributed by atoms with Crippen LogP contribution in [-0.2, 0) is 4.74 Å². The zero-order valence-corrected chi connectivity index (χ0v) is 10.9. The van der Waals surface area contributed by atoms with Crippen molar-refractivity contribution in [3.63, 3.8) is 0 Å². The Bertz CT molecular complexity index is 531. The summed E-state index contributed by atoms with van der Waals surface area (Å²) in [6.45, 7) is 1.25. The number of fused-ring (bicyclic) bond motifs is 2. The number of nitrogens with zero attached hydrogens (tertiary/aromatic N) is 3. The SMILES string of the molecule is NC(=NO)c1ccc(C(=O)N2CC3CCC(C2)O3)nc1. The zero-order valence-electron chi connectivity index (χ0n) is 10.9. The molecule has 0 aliphatic carbocycles. The van der Waals surface area contributed by atoms with Gasteiger partial charge in [0.25, 0.3) is 5.91 Å². The second-order valence-electron chi connectivity index (χ2n) is 5.08. The van der Waals surface area contributed by atoms with Gasteiger partial charge in [0.15, 0.2) is 5.84 Å². The summed E-state index contributed by atoms with van der Waals surface area (Å²) in [4.78, 5) is 18.2. The molecule has 2 atom stereocenters. The van der Waals surface area contributed by atoms with E-state index < -0.39 is 0 Å². The van der Waals surface area contributed by atoms with E-state index in [1.165, 1.54) is 6.20 Å². The van der Waals surface area contributed by atoms with Gasteiger partial charge in [0.1, 0.15) is 5.69 Å². The Hall–Kier alpha value is -2.15. The van der Waals surface area contributed by atoms with E-state index in [2.05, 4.69) is 10.1 Å². The number of amidine groups is 1. The minimum absolute atomic E-state index is 0.0269. The molecule has 2 bridgehead atoms. The van der Waals surface area contributed by atoms with Gasteiger partial charge in [0.05, 0.1) is 12.2 Å². The summed E-state index contributed by atoms with van der Waals surface area (Å²) in [5.41, 5.74) is 6.30. The van der Waals surface area contributed by atoms with Gasteiger partial charge in [0, 0.05) is 24.8 Å². The molecule has 1 amide bonds. The first-order valence-corrected chi connectivity index (χ1v) is 6.56. The molecule has 2 aliphatic rings. The van der Waals surface area contributed by atoms with E-state index in [-0.39, 0.29) is 24.0 Å². The molecule has 2 unspecified atom stereocenters. The Kier molecular flexibility index (Phi) is 3.27. The molecule has 0 spiro atoms. The van der Waals surface area contributed by atoms with E-state index in [0.29, 0.717) is 24.3 Å². The minimum atomic E-state index is -0.101. The van der Waals surface area contributed by atoms with Crippen LogP contribution in [0.5, 0.6) is 0 Å². The normalized spacial score (nSPS) is 25.8. The van der Waals surface area contributed by atoms with Crippen LogP contribution in [0.15, 0.2) is 23.5 Å². The number of morpholine rings is 1. The van der Waals surface area contributed by atoms with Crippen LogP contribution in [0.1, 0.15) is 28.9 Å². The summed E-state index contributed by atoms with van der Waals surface area (Å²) in [5, 5.41) is 11.5. The molecule has 2 saturated heterocycles. The van der Waals surface area contributed by atoms with Crippen LogP contribution >= 0.6 is 0 Å². The lowest BCUT2D eigenvalue weighted by Gasteiger charge is -2.31. The van der Waals surface area contributed by atoms with Gasteiger partial charge < -0.3 is 20.6 Å². The molecule has 3 N–H and O–H groups in total. The third kappa shape index (κ3) is 2.32. The van der Waals surface area contributed by atoms with Crippen molar-refractivity contribution in [1.82, 2.24) is 9.88 Å². The first-order chi connectivity index (χ1) is 9.67. The molecule has 3 heterocycles. The van der Waals surface area contributed by atoms with Crippen LogP contribution in [-0.4, -0.2) is 52.1 Å². The van der Waals surface area contributed by atoms with Crippen molar-refractivity contribution in [2.45, 2.75) is 25.0 Å². The van der Waals surface area contributed by atoms with Gasteiger partial charge >= 0.3 is 0 Å². The fourth-order valence-corrected chi connectivity index (χ4v) is 2.67. The van der Waals surface area contributed by atoms with E-state index in [1.54, 1.807) is 17.0 Å². The number of carbonyl (C=O) groups is 1. The molecule has 2 aliphatic heterocycles. The smallest absolute Gasteiger partial charge is 0.272 e. The molecule has 3 rings (SSSR count). The molecule has 7 heteroatoms. The first-order valence-electron chi connectivity index (χ1n) is 6.56. The third-order valence-corrected chi connectivity index (χ3v) is 3.72. The lowest BCUT2D eigenvalue weighted by molar-refractivity contribution is -0.0305. The van der Waals surface area contributed by atoms with Crippen LogP contribution in [0.3, 0.4) is 0 Å². The van der Waals surface area contributed by atoms with Gasteiger partial charge in [-0.1, -0.05) is 5.16 Å². The quantitative estimate of drug-likeness (QED) is 0.347. The van der Waals surface area contributed by atoms with E-state index in [1.807, 2.05) is 0 Å². The van der Waals surface area contributed by atoms with Gasteiger partial charge in [-0.25, -0.2) is 0 Å². The fraction of sp³-hybridized carbons (Fsp3) is 0.462. The number of hydrogen-bond donors (Lipinski definition) is 2. The Morgan fingerprint density at radius 1 is 1.40 bits per heavy atom. The number of carbonyl (C=O) groups excluding carboxylic acids is 1. The van der Waals surface area contributed by atoms with Crippen LogP contribution in [0.25, 0.3) is 0 Å². The van der Waals surface area contributed by atoms with E-state index >= 15 is 0 Å². The predicted octanol–water partition coefficient (Wildman–Crippen LogP) is 0.179. The summed E-state index contributed by atoms with van der Waals surface area (Å²) in [6.07, 6.45) is 3.79. The Morgan fingerprint density at radius 3 is 2.65 bits per heavy atom. The maximum atomic E-state index is 12.4. The van der Waals surface area contributed by atoms with Gasteiger partial charge in [-0.3, -0.25) is 9.78 Å². The van der Waals surface area contributed by atoms with Crippen molar-refractivity contribution in [3.05, 3.63) is 29.6 Å². The lowest BCUT2D eigenvalue weighted by atomic mass is 10.2. The summed E-state index contributed by atoms with van der Waals surface area (Å²) in [5.74, 6) is -0.128. The molecule has 106 valence electrons. The van der Waals surface area contributed by atoms with E-state index in [0.717, 1.165) is 12.8 Å². The van der Waals surface area contributed by atoms with E-state index in [9.17, 15) is 4.79 Å². The van der Waals surface area contributed by atoms with Crippen molar-refractivity contribution >= 4 is 11.7 Å². The largest absolute Gasteiger partial charge is 0.409 e. The summed E-state index contributed by atoms with van der Waals surface area (Å²) < 4.78 is 5.70. The van der Waals surface area contributed by atoms with Gasteiger partial charge in [-0.15, -0.1) is 0 Å². The highest BCUT2D eigenvalue weighted by Gasteiger charge is 2.36. The highest BCUT2D eigenvalue weighted by molar-refractivity contribution is 5.98. The fourth-order valence-electron chi connectivity index (χ4n) is 2.67. The van der Waals surface area contributed by atoms with Gasteiger partial charge in [0.2, 0.25) is 0 Å². The second-order valence-corrected chi connectivity index (χ2v) is 5.08. The molecule has 0 aromatic carbocycles. The number of ether oxygens (including phenoxy) is 1. The zero-order chi connectivity index (χ0) is 14.1. The van der Waals surface area contributed by atoms with Crippen molar-refractivity contribution in [2.24, 2.45) is 10.9 Å². The third-order valence-electron chi connectivity index (χ3n) is 3.72. The first kappa shape index (κ1) is 12.9. The number of amides is 1. The highest BCUT2D eigenvalue weighted by atomic mass is 16.5. The number of hydrogen-bond acceptors (Lipinski definition) is 5. The molecule has 0 radical (unpaired) electrons. The second kappa shape index (κ2) is 5.09. The number of pyridine rings is 1. The number of nitrogens with two attached hydrogens (primary N) is 1. The topological polar surface area (TPSA) is 101 Å². The van der Waals surface area contributed by atoms with E-state index in [4.69, 9.17) is 15.7 Å². The Morgan fingerprint density at radius 2 is 2.10 bits per heavy atom. The monoisotopic (exact) mass is 276 g/mol. The molecular formula is C13H16N4O3. The van der Waals surface area contributed by atoms with Crippen LogP contribution < -0.4 is 5.73 Å². The Balaban J connectivity index is 1.74. The summed E-state index contributed by atoms with van der Waals surface area (Å²) in [7, 11) is 0. The summed E-state index contributed by atoms with van der Waals surface area (Å²) >= 11 is 0. The molecule has 1 aromatic rings. The van der Waals surface area contributed by atoms with Gasteiger partial charge in [-0.2, -0.15) is 0 Å². The van der Waals surface area contributed by atoms with Crippen LogP contribution in [0, 0.1) is 0 Å². The highest BCUT2D eigenvalue weighted by Crippen LogP contribution is 2.26. The number of aromatic nitrogens is 1. The Labute approximate surface area is 116 Å². The molecule has 2 fully saturated rings. The molecule has 7 nitrogen and oxygen atoms in total. The molecule has 0 saturated carbocycles. The van der Waals surface area contributed by atoms with Gasteiger partial charge in [-0.05, 0) is 25.0 Å². The predicted molar refractivity (Wildman–Crippen MR) is 70.5 cm³/mol. The maximum absolute atomic E-state index is 12.4. The number of rotatable bonds is 2. The van der Waals surface area contributed by atoms with Crippen molar-refractivity contribution in [2.75, 3.05) is 13.1 Å². The van der Waals surface area contributed by atoms with Crippen LogP contribution in [0.2, 0.25) is 0 Å². The number of likely N-dealkylation sites (tertiary alicyclic amines) is 1. The molecule has 1 aromatic heterocycles. The summed E-state index contributed by atoms with van der Waals surface area (Å²) in [6, 6.07) is 3.21.